The molecule has 0 spiro atoms. The van der Waals surface area contributed by atoms with E-state index in [1.165, 1.54) is 109 Å². The minimum absolute atomic E-state index is 0.0500. The fourth-order valence-corrected chi connectivity index (χ4v) is 8.83. The maximum Gasteiger partial charge on any atom is 0.335 e. The minimum atomic E-state index is -1.92. The number of rotatable bonds is 51. The highest BCUT2D eigenvalue weighted by Crippen LogP contribution is 2.26. The zero-order valence-electron chi connectivity index (χ0n) is 48.4. The summed E-state index contributed by atoms with van der Waals surface area (Å²) in [5, 5.41) is 31.5. The molecular formula is C65H108O12. The molecule has 6 atom stereocenters. The average Bonchev–Trinajstić information content (AvgIpc) is 3.41. The SMILES string of the molecule is CC/C=C\C/C=C\C/C=C\C/C=C\C/C=C\CC(=O)OC(COC(=O)CCCCCCCCCCC/C=C\C/C=C\CCCCC)COC1OC(C(=O)O)C(O)C(O)C1OC(=O)CCCCCCCCCCCCCCC. The van der Waals surface area contributed by atoms with E-state index in [0.717, 1.165) is 83.5 Å². The van der Waals surface area contributed by atoms with Crippen molar-refractivity contribution >= 4 is 23.9 Å². The van der Waals surface area contributed by atoms with E-state index in [9.17, 15) is 34.5 Å². The Morgan fingerprint density at radius 3 is 1.34 bits per heavy atom. The van der Waals surface area contributed by atoms with Crippen LogP contribution in [0, 0.1) is 0 Å². The summed E-state index contributed by atoms with van der Waals surface area (Å²) >= 11 is 0. The van der Waals surface area contributed by atoms with Crippen LogP contribution in [0.25, 0.3) is 0 Å². The van der Waals surface area contributed by atoms with Crippen LogP contribution in [0.15, 0.2) is 85.1 Å². The fourth-order valence-electron chi connectivity index (χ4n) is 8.83. The average molecular weight is 1080 g/mol. The molecule has 1 heterocycles. The molecule has 3 N–H and O–H groups in total. The van der Waals surface area contributed by atoms with Gasteiger partial charge in [-0.1, -0.05) is 241 Å². The molecule has 1 aliphatic rings. The summed E-state index contributed by atoms with van der Waals surface area (Å²) in [6.07, 6.45) is 55.8. The third kappa shape index (κ3) is 42.5. The largest absolute Gasteiger partial charge is 0.479 e. The Morgan fingerprint density at radius 1 is 0.455 bits per heavy atom. The van der Waals surface area contributed by atoms with E-state index < -0.39 is 67.3 Å². The van der Waals surface area contributed by atoms with Gasteiger partial charge in [0.2, 0.25) is 0 Å². The van der Waals surface area contributed by atoms with Crippen LogP contribution in [0.2, 0.25) is 0 Å². The minimum Gasteiger partial charge on any atom is -0.479 e. The molecule has 1 rings (SSSR count). The van der Waals surface area contributed by atoms with Crippen LogP contribution in [0.4, 0.5) is 0 Å². The molecule has 6 unspecified atom stereocenters. The van der Waals surface area contributed by atoms with Gasteiger partial charge in [-0.3, -0.25) is 14.4 Å². The highest BCUT2D eigenvalue weighted by molar-refractivity contribution is 5.74. The summed E-state index contributed by atoms with van der Waals surface area (Å²) in [5.41, 5.74) is 0. The van der Waals surface area contributed by atoms with Gasteiger partial charge in [0, 0.05) is 12.8 Å². The first-order valence-electron chi connectivity index (χ1n) is 30.6. The van der Waals surface area contributed by atoms with E-state index in [-0.39, 0.29) is 25.9 Å². The standard InChI is InChI=1S/C65H108O12/c1-4-7-10-13-16-19-22-25-27-28-29-30-32-34-36-39-42-45-48-51-57(66)73-54-56(75-58(67)52-49-46-43-40-38-35-31-26-23-20-17-14-11-8-5-2)55-74-65-63(61(70)60(69)62(77-65)64(71)72)76-59(68)53-50-47-44-41-37-33-24-21-18-15-12-9-6-3/h8,11,16-17,19-20,25-27,31,38,40,46,49,56,60-63,65,69-70H,4-7,9-10,12-15,18,21-24,28-30,32-37,39,41-45,47-48,50-55H2,1-3H3,(H,71,72)/b11-8-,19-16-,20-17-,27-25-,31-26-,40-38-,49-46-. The van der Waals surface area contributed by atoms with Crippen molar-refractivity contribution in [2.24, 2.45) is 0 Å². The van der Waals surface area contributed by atoms with Crippen molar-refractivity contribution in [2.45, 2.75) is 289 Å². The van der Waals surface area contributed by atoms with Crippen molar-refractivity contribution in [2.75, 3.05) is 13.2 Å². The molecule has 1 aliphatic heterocycles. The van der Waals surface area contributed by atoms with E-state index in [4.69, 9.17) is 23.7 Å². The molecule has 0 aromatic carbocycles. The quantitative estimate of drug-likeness (QED) is 0.0228. The molecule has 0 aromatic heterocycles. The number of allylic oxidation sites excluding steroid dienone is 13. The second-order valence-electron chi connectivity index (χ2n) is 20.6. The van der Waals surface area contributed by atoms with Crippen LogP contribution in [0.1, 0.15) is 252 Å². The van der Waals surface area contributed by atoms with Crippen LogP contribution < -0.4 is 0 Å². The molecule has 77 heavy (non-hydrogen) atoms. The maximum atomic E-state index is 13.1. The highest BCUT2D eigenvalue weighted by Gasteiger charge is 2.50. The summed E-state index contributed by atoms with van der Waals surface area (Å²) in [6, 6.07) is 0. The number of hydrogen-bond donors (Lipinski definition) is 3. The molecular weight excluding hydrogens is 973 g/mol. The second kappa shape index (κ2) is 52.6. The van der Waals surface area contributed by atoms with Crippen LogP contribution in [-0.4, -0.2) is 89.2 Å². The van der Waals surface area contributed by atoms with Gasteiger partial charge in [0.25, 0.3) is 0 Å². The number of carboxylic acid groups (broad SMARTS) is 1. The fraction of sp³-hybridized carbons (Fsp3) is 0.723. The first kappa shape index (κ1) is 70.9. The van der Waals surface area contributed by atoms with Gasteiger partial charge >= 0.3 is 23.9 Å². The summed E-state index contributed by atoms with van der Waals surface area (Å²) in [5.74, 6) is -3.29. The first-order valence-corrected chi connectivity index (χ1v) is 30.6. The molecule has 0 amide bonds. The van der Waals surface area contributed by atoms with E-state index in [1.807, 2.05) is 12.2 Å². The molecule has 0 saturated carbocycles. The Labute approximate surface area is 467 Å². The molecule has 0 aromatic rings. The zero-order chi connectivity index (χ0) is 56.1. The molecule has 440 valence electrons. The lowest BCUT2D eigenvalue weighted by atomic mass is 9.98. The summed E-state index contributed by atoms with van der Waals surface area (Å²) in [4.78, 5) is 51.1. The maximum absolute atomic E-state index is 13.1. The molecule has 12 nitrogen and oxygen atoms in total. The lowest BCUT2D eigenvalue weighted by Gasteiger charge is -2.40. The van der Waals surface area contributed by atoms with Crippen LogP contribution in [0.5, 0.6) is 0 Å². The van der Waals surface area contributed by atoms with Crippen LogP contribution >= 0.6 is 0 Å². The zero-order valence-corrected chi connectivity index (χ0v) is 48.4. The molecule has 0 aliphatic carbocycles. The summed E-state index contributed by atoms with van der Waals surface area (Å²) < 4.78 is 28.3. The molecule has 0 bridgehead atoms. The number of carbonyl (C=O) groups is 4. The Bertz CT molecular complexity index is 1660. The third-order valence-corrected chi connectivity index (χ3v) is 13.5. The topological polar surface area (TPSA) is 175 Å². The number of aliphatic carboxylic acids is 1. The van der Waals surface area contributed by atoms with Crippen molar-refractivity contribution in [3.8, 4) is 0 Å². The normalized spacial score (nSPS) is 18.6. The van der Waals surface area contributed by atoms with E-state index in [2.05, 4.69) is 87.6 Å². The van der Waals surface area contributed by atoms with E-state index in [1.54, 1.807) is 6.08 Å². The van der Waals surface area contributed by atoms with Gasteiger partial charge in [-0.2, -0.15) is 0 Å². The predicted octanol–water partition coefficient (Wildman–Crippen LogP) is 15.9. The van der Waals surface area contributed by atoms with Gasteiger partial charge < -0.3 is 39.0 Å². The Morgan fingerprint density at radius 2 is 0.857 bits per heavy atom. The Balaban J connectivity index is 2.72. The lowest BCUT2D eigenvalue weighted by molar-refractivity contribution is -0.301. The molecule has 1 saturated heterocycles. The van der Waals surface area contributed by atoms with E-state index >= 15 is 0 Å². The molecule has 0 radical (unpaired) electrons. The number of esters is 3. The molecule has 1 fully saturated rings. The van der Waals surface area contributed by atoms with Crippen molar-refractivity contribution in [1.29, 1.82) is 0 Å². The first-order chi connectivity index (χ1) is 37.6. The Kier molecular flexibility index (Phi) is 48.4. The van der Waals surface area contributed by atoms with Crippen molar-refractivity contribution in [3.05, 3.63) is 85.1 Å². The number of ether oxygens (including phenoxy) is 5. The van der Waals surface area contributed by atoms with Gasteiger partial charge in [0.1, 0.15) is 18.8 Å². The number of carbonyl (C=O) groups excluding carboxylic acids is 3. The van der Waals surface area contributed by atoms with Crippen molar-refractivity contribution in [3.63, 3.8) is 0 Å². The smallest absolute Gasteiger partial charge is 0.335 e. The van der Waals surface area contributed by atoms with Gasteiger partial charge in [0.05, 0.1) is 13.0 Å². The monoisotopic (exact) mass is 1080 g/mol. The van der Waals surface area contributed by atoms with Gasteiger partial charge in [-0.15, -0.1) is 0 Å². The van der Waals surface area contributed by atoms with Crippen LogP contribution in [-0.2, 0) is 42.9 Å². The van der Waals surface area contributed by atoms with Crippen LogP contribution in [0.3, 0.4) is 0 Å². The number of aliphatic hydroxyl groups excluding tert-OH is 2. The summed E-state index contributed by atoms with van der Waals surface area (Å²) in [7, 11) is 0. The van der Waals surface area contributed by atoms with Gasteiger partial charge in [-0.25, -0.2) is 4.79 Å². The lowest BCUT2D eigenvalue weighted by Crippen LogP contribution is -2.61. The van der Waals surface area contributed by atoms with Gasteiger partial charge in [-0.05, 0) is 77.0 Å². The third-order valence-electron chi connectivity index (χ3n) is 13.5. The Hall–Kier alpha value is -4.10. The highest BCUT2D eigenvalue weighted by atomic mass is 16.7. The van der Waals surface area contributed by atoms with Crippen molar-refractivity contribution in [1.82, 2.24) is 0 Å². The summed E-state index contributed by atoms with van der Waals surface area (Å²) in [6.45, 7) is 5.77. The van der Waals surface area contributed by atoms with Gasteiger partial charge in [0.15, 0.2) is 24.6 Å². The van der Waals surface area contributed by atoms with Crippen molar-refractivity contribution < 1.29 is 58.2 Å². The number of carboxylic acids is 1. The predicted molar refractivity (Wildman–Crippen MR) is 312 cm³/mol. The number of hydrogen-bond acceptors (Lipinski definition) is 11. The molecule has 12 heteroatoms. The second-order valence-corrected chi connectivity index (χ2v) is 20.6. The number of aliphatic hydroxyl groups is 2. The number of unbranched alkanes of at least 4 members (excludes halogenated alkanes) is 24. The van der Waals surface area contributed by atoms with E-state index in [0.29, 0.717) is 19.3 Å².